The summed E-state index contributed by atoms with van der Waals surface area (Å²) in [4.78, 5) is 26.5. The summed E-state index contributed by atoms with van der Waals surface area (Å²) in [6.45, 7) is 1.90. The van der Waals surface area contributed by atoms with Crippen molar-refractivity contribution in [2.45, 2.75) is 13.5 Å². The lowest BCUT2D eigenvalue weighted by Gasteiger charge is -2.09. The molecule has 8 heteroatoms. The maximum absolute atomic E-state index is 14.4. The van der Waals surface area contributed by atoms with Gasteiger partial charge in [-0.3, -0.25) is 14.9 Å². The Bertz CT molecular complexity index is 1060. The number of rotatable bonds is 6. The van der Waals surface area contributed by atoms with Crippen LogP contribution in [0.25, 0.3) is 11.8 Å². The fourth-order valence-corrected chi connectivity index (χ4v) is 2.70. The molecule has 0 unspecified atom stereocenters. The molecule has 142 valence electrons. The number of amides is 1. The van der Waals surface area contributed by atoms with Gasteiger partial charge in [0.15, 0.2) is 0 Å². The van der Waals surface area contributed by atoms with Crippen LogP contribution in [0.15, 0.2) is 60.9 Å². The average molecular weight is 380 g/mol. The smallest absolute Gasteiger partial charge is 0.276 e. The van der Waals surface area contributed by atoms with Crippen LogP contribution in [0.3, 0.4) is 0 Å². The van der Waals surface area contributed by atoms with Crippen molar-refractivity contribution in [1.29, 1.82) is 0 Å². The van der Waals surface area contributed by atoms with Gasteiger partial charge in [-0.05, 0) is 36.8 Å². The van der Waals surface area contributed by atoms with E-state index in [1.54, 1.807) is 54.2 Å². The van der Waals surface area contributed by atoms with E-state index in [9.17, 15) is 19.3 Å². The molecule has 0 bridgehead atoms. The van der Waals surface area contributed by atoms with Crippen LogP contribution in [-0.2, 0) is 11.3 Å². The van der Waals surface area contributed by atoms with Gasteiger partial charge in [-0.1, -0.05) is 18.2 Å². The Labute approximate surface area is 160 Å². The number of carbonyl (C=O) groups is 1. The first-order chi connectivity index (χ1) is 13.5. The van der Waals surface area contributed by atoms with E-state index in [0.29, 0.717) is 22.6 Å². The molecule has 0 aliphatic carbocycles. The van der Waals surface area contributed by atoms with Crippen molar-refractivity contribution >= 4 is 17.7 Å². The highest BCUT2D eigenvalue weighted by molar-refractivity contribution is 5.92. The Morgan fingerprint density at radius 2 is 2.11 bits per heavy atom. The van der Waals surface area contributed by atoms with Crippen LogP contribution in [0, 0.1) is 22.9 Å². The number of imidazole rings is 1. The number of benzene rings is 2. The summed E-state index contributed by atoms with van der Waals surface area (Å²) in [5.41, 5.74) is 1.21. The highest BCUT2D eigenvalue weighted by atomic mass is 19.1. The lowest BCUT2D eigenvalue weighted by molar-refractivity contribution is -0.385. The summed E-state index contributed by atoms with van der Waals surface area (Å²) >= 11 is 0. The summed E-state index contributed by atoms with van der Waals surface area (Å²) in [6, 6.07) is 10.8. The van der Waals surface area contributed by atoms with Crippen molar-refractivity contribution in [1.82, 2.24) is 14.9 Å². The van der Waals surface area contributed by atoms with Gasteiger partial charge in [-0.15, -0.1) is 0 Å². The van der Waals surface area contributed by atoms with Crippen LogP contribution in [0.4, 0.5) is 10.1 Å². The number of nitrogens with one attached hydrogen (secondary N) is 1. The predicted molar refractivity (Wildman–Crippen MR) is 102 cm³/mol. The SMILES string of the molecule is Cc1nccn1-c1ccc(CNC(=O)C=Cc2ccccc2[N+](=O)[O-])cc1F. The normalized spacial score (nSPS) is 10.9. The Balaban J connectivity index is 1.65. The van der Waals surface area contributed by atoms with Gasteiger partial charge >= 0.3 is 0 Å². The van der Waals surface area contributed by atoms with Gasteiger partial charge in [0.05, 0.1) is 16.2 Å². The fraction of sp³-hybridized carbons (Fsp3) is 0.100. The highest BCUT2D eigenvalue weighted by Crippen LogP contribution is 2.19. The molecule has 1 amide bonds. The van der Waals surface area contributed by atoms with E-state index in [2.05, 4.69) is 10.3 Å². The van der Waals surface area contributed by atoms with Gasteiger partial charge < -0.3 is 9.88 Å². The van der Waals surface area contributed by atoms with Gasteiger partial charge in [0, 0.05) is 31.1 Å². The van der Waals surface area contributed by atoms with E-state index in [4.69, 9.17) is 0 Å². The zero-order valence-electron chi connectivity index (χ0n) is 15.0. The first-order valence-corrected chi connectivity index (χ1v) is 8.44. The van der Waals surface area contributed by atoms with Crippen molar-refractivity contribution in [3.63, 3.8) is 0 Å². The fourth-order valence-electron chi connectivity index (χ4n) is 2.70. The third-order valence-electron chi connectivity index (χ3n) is 4.11. The molecule has 3 rings (SSSR count). The van der Waals surface area contributed by atoms with E-state index in [1.165, 1.54) is 24.3 Å². The van der Waals surface area contributed by atoms with E-state index in [-0.39, 0.29) is 12.2 Å². The Morgan fingerprint density at radius 3 is 2.79 bits per heavy atom. The van der Waals surface area contributed by atoms with Crippen molar-refractivity contribution in [3.8, 4) is 5.69 Å². The van der Waals surface area contributed by atoms with E-state index in [0.717, 1.165) is 0 Å². The molecular weight excluding hydrogens is 363 g/mol. The van der Waals surface area contributed by atoms with Crippen molar-refractivity contribution in [2.24, 2.45) is 0 Å². The molecule has 28 heavy (non-hydrogen) atoms. The molecule has 1 N–H and O–H groups in total. The second-order valence-electron chi connectivity index (χ2n) is 6.00. The van der Waals surface area contributed by atoms with Crippen LogP contribution < -0.4 is 5.32 Å². The maximum atomic E-state index is 14.4. The summed E-state index contributed by atoms with van der Waals surface area (Å²) in [7, 11) is 0. The molecule has 0 saturated carbocycles. The Kier molecular flexibility index (Phi) is 5.59. The number of aromatic nitrogens is 2. The zero-order chi connectivity index (χ0) is 20.1. The second kappa shape index (κ2) is 8.26. The number of halogens is 1. The average Bonchev–Trinajstić information content (AvgIpc) is 3.10. The summed E-state index contributed by atoms with van der Waals surface area (Å²) < 4.78 is 16.0. The molecule has 0 aliphatic heterocycles. The first kappa shape index (κ1) is 19.0. The minimum Gasteiger partial charge on any atom is -0.348 e. The van der Waals surface area contributed by atoms with Gasteiger partial charge in [0.2, 0.25) is 5.91 Å². The molecule has 0 atom stereocenters. The molecule has 0 aliphatic rings. The van der Waals surface area contributed by atoms with Crippen molar-refractivity contribution in [3.05, 3.63) is 93.8 Å². The first-order valence-electron chi connectivity index (χ1n) is 8.44. The van der Waals surface area contributed by atoms with Crippen molar-refractivity contribution in [2.75, 3.05) is 0 Å². The third-order valence-corrected chi connectivity index (χ3v) is 4.11. The van der Waals surface area contributed by atoms with Crippen LogP contribution in [0.1, 0.15) is 17.0 Å². The minimum absolute atomic E-state index is 0.0843. The monoisotopic (exact) mass is 380 g/mol. The summed E-state index contributed by atoms with van der Waals surface area (Å²) in [6.07, 6.45) is 5.84. The molecule has 0 spiro atoms. The lowest BCUT2D eigenvalue weighted by atomic mass is 10.1. The van der Waals surface area contributed by atoms with Crippen LogP contribution in [0.5, 0.6) is 0 Å². The van der Waals surface area contributed by atoms with Gasteiger partial charge in [0.25, 0.3) is 5.69 Å². The molecule has 7 nitrogen and oxygen atoms in total. The zero-order valence-corrected chi connectivity index (χ0v) is 15.0. The predicted octanol–water partition coefficient (Wildman–Crippen LogP) is 3.56. The Hall–Kier alpha value is -3.81. The van der Waals surface area contributed by atoms with E-state index < -0.39 is 16.6 Å². The number of nitrogens with zero attached hydrogens (tertiary/aromatic N) is 3. The molecule has 2 aromatic carbocycles. The van der Waals surface area contributed by atoms with Crippen LogP contribution >= 0.6 is 0 Å². The molecule has 1 heterocycles. The lowest BCUT2D eigenvalue weighted by Crippen LogP contribution is -2.20. The topological polar surface area (TPSA) is 90.1 Å². The van der Waals surface area contributed by atoms with E-state index in [1.807, 2.05) is 0 Å². The molecule has 0 radical (unpaired) electrons. The third kappa shape index (κ3) is 4.29. The minimum atomic E-state index is -0.510. The van der Waals surface area contributed by atoms with Crippen molar-refractivity contribution < 1.29 is 14.1 Å². The number of nitro benzene ring substituents is 1. The maximum Gasteiger partial charge on any atom is 0.276 e. The molecule has 1 aromatic heterocycles. The standard InChI is InChI=1S/C20H17FN4O3/c1-14-22-10-11-24(14)19-8-6-15(12-17(19)21)13-23-20(26)9-7-16-4-2-3-5-18(16)25(27)28/h2-12H,13H2,1H3,(H,23,26). The highest BCUT2D eigenvalue weighted by Gasteiger charge is 2.10. The number of para-hydroxylation sites is 1. The van der Waals surface area contributed by atoms with Gasteiger partial charge in [-0.25, -0.2) is 9.37 Å². The molecular formula is C20H17FN4O3. The number of aryl methyl sites for hydroxylation is 1. The van der Waals surface area contributed by atoms with Gasteiger partial charge in [0.1, 0.15) is 11.6 Å². The second-order valence-corrected chi connectivity index (χ2v) is 6.00. The van der Waals surface area contributed by atoms with Gasteiger partial charge in [-0.2, -0.15) is 0 Å². The summed E-state index contributed by atoms with van der Waals surface area (Å²) in [5, 5.41) is 13.6. The number of carbonyl (C=O) groups excluding carboxylic acids is 1. The summed E-state index contributed by atoms with van der Waals surface area (Å²) in [5.74, 6) is -0.198. The Morgan fingerprint density at radius 1 is 1.32 bits per heavy atom. The number of nitro groups is 1. The number of hydrogen-bond donors (Lipinski definition) is 1. The largest absolute Gasteiger partial charge is 0.348 e. The molecule has 0 saturated heterocycles. The molecule has 3 aromatic rings. The van der Waals surface area contributed by atoms with E-state index >= 15 is 0 Å². The van der Waals surface area contributed by atoms with Crippen LogP contribution in [0.2, 0.25) is 0 Å². The quantitative estimate of drug-likeness (QED) is 0.402. The van der Waals surface area contributed by atoms with Crippen LogP contribution in [-0.4, -0.2) is 20.4 Å². The number of hydrogen-bond acceptors (Lipinski definition) is 4. The molecule has 0 fully saturated rings.